The van der Waals surface area contributed by atoms with Crippen LogP contribution in [0.4, 0.5) is 0 Å². The SMILES string of the molecule is CO[C@H]([C@@H]1OC(=O)C[C@@H](O)[C@H]1OS(C)(=O)=O)[C@H](O)c1ccccc1. The van der Waals surface area contributed by atoms with Crippen LogP contribution >= 0.6 is 0 Å². The number of carbonyl (C=O) groups excluding carboxylic acids is 1. The molecule has 1 aromatic rings. The summed E-state index contributed by atoms with van der Waals surface area (Å²) in [5.74, 6) is -0.733. The van der Waals surface area contributed by atoms with Crippen molar-refractivity contribution >= 4 is 16.1 Å². The molecule has 1 aliphatic rings. The van der Waals surface area contributed by atoms with Crippen LogP contribution in [-0.2, 0) is 28.6 Å². The van der Waals surface area contributed by atoms with Gasteiger partial charge in [-0.1, -0.05) is 30.3 Å². The number of esters is 1. The van der Waals surface area contributed by atoms with Crippen molar-refractivity contribution in [3.8, 4) is 0 Å². The third-order valence-corrected chi connectivity index (χ3v) is 4.25. The van der Waals surface area contributed by atoms with Crippen LogP contribution in [0.5, 0.6) is 0 Å². The first-order valence-corrected chi connectivity index (χ1v) is 9.06. The van der Waals surface area contributed by atoms with E-state index in [4.69, 9.17) is 13.7 Å². The molecule has 134 valence electrons. The summed E-state index contributed by atoms with van der Waals surface area (Å²) in [5.41, 5.74) is 0.485. The number of cyclic esters (lactones) is 1. The van der Waals surface area contributed by atoms with Crippen LogP contribution < -0.4 is 0 Å². The third kappa shape index (κ3) is 4.52. The number of rotatable bonds is 6. The smallest absolute Gasteiger partial charge is 0.308 e. The van der Waals surface area contributed by atoms with Gasteiger partial charge in [0.05, 0.1) is 18.8 Å². The molecule has 0 unspecified atom stereocenters. The largest absolute Gasteiger partial charge is 0.456 e. The molecule has 2 rings (SSSR count). The second kappa shape index (κ2) is 7.58. The highest BCUT2D eigenvalue weighted by molar-refractivity contribution is 7.86. The fourth-order valence-electron chi connectivity index (χ4n) is 2.63. The van der Waals surface area contributed by atoms with Crippen molar-refractivity contribution in [1.82, 2.24) is 0 Å². The highest BCUT2D eigenvalue weighted by atomic mass is 32.2. The Morgan fingerprint density at radius 2 is 1.92 bits per heavy atom. The number of carbonyl (C=O) groups is 1. The van der Waals surface area contributed by atoms with E-state index in [1.54, 1.807) is 30.3 Å². The first-order valence-electron chi connectivity index (χ1n) is 7.24. The molecule has 1 saturated heterocycles. The van der Waals surface area contributed by atoms with Crippen molar-refractivity contribution in [2.75, 3.05) is 13.4 Å². The number of ether oxygens (including phenoxy) is 2. The van der Waals surface area contributed by atoms with Crippen molar-refractivity contribution in [1.29, 1.82) is 0 Å². The quantitative estimate of drug-likeness (QED) is 0.527. The lowest BCUT2D eigenvalue weighted by Crippen LogP contribution is -2.55. The molecule has 0 aliphatic carbocycles. The zero-order valence-electron chi connectivity index (χ0n) is 13.2. The van der Waals surface area contributed by atoms with Gasteiger partial charge >= 0.3 is 5.97 Å². The van der Waals surface area contributed by atoms with Crippen molar-refractivity contribution in [2.24, 2.45) is 0 Å². The summed E-state index contributed by atoms with van der Waals surface area (Å²) < 4.78 is 38.1. The van der Waals surface area contributed by atoms with E-state index in [9.17, 15) is 23.4 Å². The number of hydrogen-bond acceptors (Lipinski definition) is 8. The maximum Gasteiger partial charge on any atom is 0.308 e. The van der Waals surface area contributed by atoms with Gasteiger partial charge in [0.25, 0.3) is 10.1 Å². The molecule has 5 atom stereocenters. The standard InChI is InChI=1S/C15H20O8S/c1-21-14(12(18)9-6-4-3-5-7-9)15-13(23-24(2,19)20)10(16)8-11(17)22-15/h3-7,10,12-16,18H,8H2,1-2H3/t10-,12-,13-,14+,15-/m1/s1. The van der Waals surface area contributed by atoms with Gasteiger partial charge in [-0.2, -0.15) is 8.42 Å². The summed E-state index contributed by atoms with van der Waals surface area (Å²) in [7, 11) is -2.65. The molecule has 0 spiro atoms. The minimum Gasteiger partial charge on any atom is -0.456 e. The number of benzene rings is 1. The lowest BCUT2D eigenvalue weighted by molar-refractivity contribution is -0.199. The van der Waals surface area contributed by atoms with E-state index in [0.29, 0.717) is 5.56 Å². The zero-order chi connectivity index (χ0) is 17.9. The molecule has 9 heteroatoms. The van der Waals surface area contributed by atoms with Gasteiger partial charge in [-0.05, 0) is 5.56 Å². The van der Waals surface area contributed by atoms with Gasteiger partial charge in [0.15, 0.2) is 6.10 Å². The monoisotopic (exact) mass is 360 g/mol. The Morgan fingerprint density at radius 1 is 1.29 bits per heavy atom. The normalized spacial score (nSPS) is 27.3. The Labute approximate surface area is 140 Å². The van der Waals surface area contributed by atoms with Crippen molar-refractivity contribution in [2.45, 2.75) is 36.9 Å². The number of aliphatic hydroxyl groups excluding tert-OH is 2. The van der Waals surface area contributed by atoms with Crippen LogP contribution in [0, 0.1) is 0 Å². The highest BCUT2D eigenvalue weighted by Gasteiger charge is 2.47. The summed E-state index contributed by atoms with van der Waals surface area (Å²) in [4.78, 5) is 11.7. The Kier molecular flexibility index (Phi) is 5.94. The molecule has 1 aromatic carbocycles. The lowest BCUT2D eigenvalue weighted by Gasteiger charge is -2.38. The van der Waals surface area contributed by atoms with E-state index in [2.05, 4.69) is 0 Å². The summed E-state index contributed by atoms with van der Waals surface area (Å²) in [5, 5.41) is 20.6. The summed E-state index contributed by atoms with van der Waals surface area (Å²) in [6.45, 7) is 0. The predicted octanol–water partition coefficient (Wildman–Crippen LogP) is -0.244. The summed E-state index contributed by atoms with van der Waals surface area (Å²) in [6.07, 6.45) is -6.00. The average molecular weight is 360 g/mol. The first kappa shape index (κ1) is 18.8. The Balaban J connectivity index is 2.32. The zero-order valence-corrected chi connectivity index (χ0v) is 14.0. The first-order chi connectivity index (χ1) is 11.2. The second-order valence-corrected chi connectivity index (χ2v) is 7.15. The molecule has 0 amide bonds. The van der Waals surface area contributed by atoms with Crippen LogP contribution in [0.15, 0.2) is 30.3 Å². The van der Waals surface area contributed by atoms with Gasteiger partial charge in [-0.25, -0.2) is 0 Å². The maximum absolute atomic E-state index is 11.7. The summed E-state index contributed by atoms with van der Waals surface area (Å²) in [6, 6.07) is 8.46. The molecule has 24 heavy (non-hydrogen) atoms. The summed E-state index contributed by atoms with van der Waals surface area (Å²) >= 11 is 0. The minimum atomic E-state index is -3.93. The molecule has 1 heterocycles. The molecular formula is C15H20O8S. The molecule has 0 saturated carbocycles. The molecular weight excluding hydrogens is 340 g/mol. The molecule has 1 fully saturated rings. The third-order valence-electron chi connectivity index (χ3n) is 3.68. The number of methoxy groups -OCH3 is 1. The molecule has 2 N–H and O–H groups in total. The van der Waals surface area contributed by atoms with Gasteiger partial charge < -0.3 is 19.7 Å². The van der Waals surface area contributed by atoms with Gasteiger partial charge in [-0.15, -0.1) is 0 Å². The second-order valence-electron chi connectivity index (χ2n) is 5.55. The fourth-order valence-corrected chi connectivity index (χ4v) is 3.27. The Hall–Kier alpha value is -1.52. The van der Waals surface area contributed by atoms with Gasteiger partial charge in [-0.3, -0.25) is 8.98 Å². The minimum absolute atomic E-state index is 0.408. The molecule has 0 radical (unpaired) electrons. The Morgan fingerprint density at radius 3 is 2.46 bits per heavy atom. The fraction of sp³-hybridized carbons (Fsp3) is 0.533. The van der Waals surface area contributed by atoms with Crippen LogP contribution in [0.2, 0.25) is 0 Å². The van der Waals surface area contributed by atoms with Crippen LogP contribution in [0.25, 0.3) is 0 Å². The van der Waals surface area contributed by atoms with Gasteiger partial charge in [0.1, 0.15) is 18.3 Å². The number of hydrogen-bond donors (Lipinski definition) is 2. The molecule has 1 aliphatic heterocycles. The predicted molar refractivity (Wildman–Crippen MR) is 82.4 cm³/mol. The van der Waals surface area contributed by atoms with E-state index >= 15 is 0 Å². The van der Waals surface area contributed by atoms with Crippen LogP contribution in [-0.4, -0.2) is 62.4 Å². The van der Waals surface area contributed by atoms with Crippen molar-refractivity contribution in [3.05, 3.63) is 35.9 Å². The van der Waals surface area contributed by atoms with E-state index in [1.807, 2.05) is 0 Å². The maximum atomic E-state index is 11.7. The molecule has 0 bridgehead atoms. The van der Waals surface area contributed by atoms with Gasteiger partial charge in [0, 0.05) is 7.11 Å². The molecule has 8 nitrogen and oxygen atoms in total. The van der Waals surface area contributed by atoms with Crippen LogP contribution in [0.1, 0.15) is 18.1 Å². The van der Waals surface area contributed by atoms with Crippen LogP contribution in [0.3, 0.4) is 0 Å². The average Bonchev–Trinajstić information content (AvgIpc) is 2.51. The molecule has 0 aromatic heterocycles. The van der Waals surface area contributed by atoms with E-state index in [0.717, 1.165) is 6.26 Å². The van der Waals surface area contributed by atoms with E-state index < -0.39 is 53.0 Å². The van der Waals surface area contributed by atoms with E-state index in [1.165, 1.54) is 7.11 Å². The lowest BCUT2D eigenvalue weighted by atomic mass is 9.92. The van der Waals surface area contributed by atoms with Crippen molar-refractivity contribution < 1.29 is 37.1 Å². The topological polar surface area (TPSA) is 119 Å². The highest BCUT2D eigenvalue weighted by Crippen LogP contribution is 2.30. The Bertz CT molecular complexity index is 659. The van der Waals surface area contributed by atoms with Crippen molar-refractivity contribution in [3.63, 3.8) is 0 Å². The number of aliphatic hydroxyl groups is 2. The van der Waals surface area contributed by atoms with E-state index in [-0.39, 0.29) is 0 Å². The van der Waals surface area contributed by atoms with Gasteiger partial charge in [0.2, 0.25) is 0 Å².